The van der Waals surface area contributed by atoms with Crippen LogP contribution in [-0.4, -0.2) is 52.8 Å². The maximum Gasteiger partial charge on any atom is 0.233 e. The van der Waals surface area contributed by atoms with E-state index in [0.717, 1.165) is 0 Å². The number of hydrogen-bond acceptors (Lipinski definition) is 9. The monoisotopic (exact) mass is 432 g/mol. The Labute approximate surface area is 185 Å². The van der Waals surface area contributed by atoms with Gasteiger partial charge in [-0.15, -0.1) is 0 Å². The summed E-state index contributed by atoms with van der Waals surface area (Å²) < 4.78 is 5.44. The van der Waals surface area contributed by atoms with Gasteiger partial charge in [-0.2, -0.15) is 15.0 Å². The number of morpholine rings is 1. The molecule has 9 heteroatoms. The first kappa shape index (κ1) is 21.4. The molecule has 164 valence electrons. The molecule has 0 unspecified atom stereocenters. The number of ether oxygens (including phenoxy) is 1. The molecule has 0 bridgehead atoms. The molecular weight excluding hydrogens is 408 g/mol. The quantitative estimate of drug-likeness (QED) is 0.541. The summed E-state index contributed by atoms with van der Waals surface area (Å²) in [6.07, 6.45) is 0. The van der Waals surface area contributed by atoms with E-state index in [-0.39, 0.29) is 11.6 Å². The van der Waals surface area contributed by atoms with Crippen LogP contribution in [-0.2, 0) is 4.74 Å². The van der Waals surface area contributed by atoms with Crippen LogP contribution < -0.4 is 15.5 Å². The number of rotatable bonds is 7. The smallest absolute Gasteiger partial charge is 0.233 e. The summed E-state index contributed by atoms with van der Waals surface area (Å²) in [6, 6.07) is 14.3. The number of benzene rings is 2. The lowest BCUT2D eigenvalue weighted by atomic mass is 10.1. The molecule has 0 spiro atoms. The highest BCUT2D eigenvalue weighted by Crippen LogP contribution is 2.22. The molecule has 1 aliphatic heterocycles. The van der Waals surface area contributed by atoms with Gasteiger partial charge >= 0.3 is 0 Å². The Morgan fingerprint density at radius 1 is 0.812 bits per heavy atom. The lowest BCUT2D eigenvalue weighted by molar-refractivity contribution is 0.100. The zero-order valence-electron chi connectivity index (χ0n) is 18.0. The first-order valence-corrected chi connectivity index (χ1v) is 10.3. The highest BCUT2D eigenvalue weighted by atomic mass is 16.5. The number of nitrogens with zero attached hydrogens (tertiary/aromatic N) is 4. The van der Waals surface area contributed by atoms with Crippen LogP contribution in [0.4, 0.5) is 29.2 Å². The Balaban J connectivity index is 1.66. The number of aromatic nitrogens is 3. The molecule has 0 amide bonds. The molecule has 0 aliphatic carbocycles. The van der Waals surface area contributed by atoms with Crippen LogP contribution in [0.3, 0.4) is 0 Å². The topological polar surface area (TPSA) is 109 Å². The Hall–Kier alpha value is -3.85. The summed E-state index contributed by atoms with van der Waals surface area (Å²) in [5.74, 6) is 1.15. The highest BCUT2D eigenvalue weighted by Gasteiger charge is 2.17. The zero-order valence-corrected chi connectivity index (χ0v) is 18.0. The van der Waals surface area contributed by atoms with E-state index in [0.29, 0.717) is 66.6 Å². The van der Waals surface area contributed by atoms with Crippen molar-refractivity contribution in [2.75, 3.05) is 41.8 Å². The Bertz CT molecular complexity index is 1070. The van der Waals surface area contributed by atoms with Crippen LogP contribution in [0.5, 0.6) is 0 Å². The molecule has 1 saturated heterocycles. The van der Waals surface area contributed by atoms with Crippen molar-refractivity contribution < 1.29 is 14.3 Å². The number of ketones is 2. The molecule has 2 heterocycles. The van der Waals surface area contributed by atoms with E-state index in [4.69, 9.17) is 4.74 Å². The van der Waals surface area contributed by atoms with Crippen molar-refractivity contribution in [1.82, 2.24) is 15.0 Å². The van der Waals surface area contributed by atoms with E-state index in [2.05, 4.69) is 25.6 Å². The van der Waals surface area contributed by atoms with E-state index in [9.17, 15) is 9.59 Å². The third-order valence-electron chi connectivity index (χ3n) is 4.97. The van der Waals surface area contributed by atoms with Gasteiger partial charge in [0.1, 0.15) is 0 Å². The molecule has 32 heavy (non-hydrogen) atoms. The van der Waals surface area contributed by atoms with Gasteiger partial charge in [-0.25, -0.2) is 0 Å². The van der Waals surface area contributed by atoms with E-state index >= 15 is 0 Å². The molecule has 1 fully saturated rings. The molecule has 2 N–H and O–H groups in total. The average Bonchev–Trinajstić information content (AvgIpc) is 2.80. The van der Waals surface area contributed by atoms with Gasteiger partial charge in [-0.1, -0.05) is 24.3 Å². The number of carbonyl (C=O) groups excluding carboxylic acids is 2. The van der Waals surface area contributed by atoms with Gasteiger partial charge in [-0.3, -0.25) is 9.59 Å². The molecule has 4 rings (SSSR count). The fourth-order valence-corrected chi connectivity index (χ4v) is 3.27. The molecule has 1 aliphatic rings. The van der Waals surface area contributed by atoms with Gasteiger partial charge < -0.3 is 20.3 Å². The lowest BCUT2D eigenvalue weighted by Gasteiger charge is -2.27. The number of nitrogens with one attached hydrogen (secondary N) is 2. The zero-order chi connectivity index (χ0) is 22.5. The second-order valence-electron chi connectivity index (χ2n) is 7.41. The summed E-state index contributed by atoms with van der Waals surface area (Å²) in [6.45, 7) is 5.58. The third kappa shape index (κ3) is 5.25. The van der Waals surface area contributed by atoms with Gasteiger partial charge in [-0.05, 0) is 38.1 Å². The Kier molecular flexibility index (Phi) is 6.37. The van der Waals surface area contributed by atoms with Gasteiger partial charge in [0, 0.05) is 35.6 Å². The highest BCUT2D eigenvalue weighted by molar-refractivity contribution is 5.95. The van der Waals surface area contributed by atoms with Crippen LogP contribution >= 0.6 is 0 Å². The van der Waals surface area contributed by atoms with Crippen molar-refractivity contribution in [3.05, 3.63) is 59.7 Å². The molecule has 0 atom stereocenters. The van der Waals surface area contributed by atoms with Gasteiger partial charge in [0.05, 0.1) is 13.2 Å². The predicted molar refractivity (Wildman–Crippen MR) is 122 cm³/mol. The molecule has 1 aromatic heterocycles. The third-order valence-corrected chi connectivity index (χ3v) is 4.97. The minimum absolute atomic E-state index is 0.0222. The average molecular weight is 432 g/mol. The molecule has 3 aromatic rings. The minimum atomic E-state index is -0.0222. The minimum Gasteiger partial charge on any atom is -0.378 e. The maximum atomic E-state index is 11.7. The summed E-state index contributed by atoms with van der Waals surface area (Å²) in [4.78, 5) is 39.1. The van der Waals surface area contributed by atoms with E-state index in [1.165, 1.54) is 13.8 Å². The first-order valence-electron chi connectivity index (χ1n) is 10.3. The van der Waals surface area contributed by atoms with Crippen LogP contribution in [0.1, 0.15) is 34.6 Å². The summed E-state index contributed by atoms with van der Waals surface area (Å²) >= 11 is 0. The SMILES string of the molecule is CC(=O)c1cccc(Nc2nc(Nc3cccc(C(C)=O)c3)nc(N3CCOCC3)n2)c1. The van der Waals surface area contributed by atoms with E-state index in [1.54, 1.807) is 36.4 Å². The van der Waals surface area contributed by atoms with Crippen molar-refractivity contribution in [2.45, 2.75) is 13.8 Å². The summed E-state index contributed by atoms with van der Waals surface area (Å²) in [7, 11) is 0. The molecule has 0 radical (unpaired) electrons. The fraction of sp³-hybridized carbons (Fsp3) is 0.261. The number of hydrogen-bond donors (Lipinski definition) is 2. The molecular formula is C23H24N6O3. The van der Waals surface area contributed by atoms with Gasteiger partial charge in [0.25, 0.3) is 0 Å². The maximum absolute atomic E-state index is 11.7. The number of anilines is 5. The van der Waals surface area contributed by atoms with Gasteiger partial charge in [0.2, 0.25) is 17.8 Å². The van der Waals surface area contributed by atoms with Crippen LogP contribution in [0.2, 0.25) is 0 Å². The lowest BCUT2D eigenvalue weighted by Crippen LogP contribution is -2.37. The Morgan fingerprint density at radius 2 is 1.31 bits per heavy atom. The molecule has 2 aromatic carbocycles. The van der Waals surface area contributed by atoms with Crippen molar-refractivity contribution in [3.63, 3.8) is 0 Å². The van der Waals surface area contributed by atoms with Crippen molar-refractivity contribution >= 4 is 40.8 Å². The van der Waals surface area contributed by atoms with Crippen LogP contribution in [0.15, 0.2) is 48.5 Å². The van der Waals surface area contributed by atoms with Crippen LogP contribution in [0, 0.1) is 0 Å². The first-order chi connectivity index (χ1) is 15.5. The molecule has 9 nitrogen and oxygen atoms in total. The second kappa shape index (κ2) is 9.52. The predicted octanol–water partition coefficient (Wildman–Crippen LogP) is 3.60. The summed E-state index contributed by atoms with van der Waals surface area (Å²) in [5, 5.41) is 6.34. The number of carbonyl (C=O) groups is 2. The Morgan fingerprint density at radius 3 is 1.78 bits per heavy atom. The fourth-order valence-electron chi connectivity index (χ4n) is 3.27. The van der Waals surface area contributed by atoms with Crippen molar-refractivity contribution in [2.24, 2.45) is 0 Å². The van der Waals surface area contributed by atoms with E-state index in [1.807, 2.05) is 17.0 Å². The van der Waals surface area contributed by atoms with Crippen molar-refractivity contribution in [3.8, 4) is 0 Å². The summed E-state index contributed by atoms with van der Waals surface area (Å²) in [5.41, 5.74) is 2.58. The standard InChI is InChI=1S/C23H24N6O3/c1-15(30)17-5-3-7-19(13-17)24-21-26-22(25-20-8-4-6-18(14-20)16(2)31)28-23(27-21)29-9-11-32-12-10-29/h3-8,13-14H,9-12H2,1-2H3,(H2,24,25,26,27,28). The second-order valence-corrected chi connectivity index (χ2v) is 7.41. The molecule has 0 saturated carbocycles. The van der Waals surface area contributed by atoms with Gasteiger partial charge in [0.15, 0.2) is 11.6 Å². The van der Waals surface area contributed by atoms with Crippen molar-refractivity contribution in [1.29, 1.82) is 0 Å². The van der Waals surface area contributed by atoms with E-state index < -0.39 is 0 Å². The normalized spacial score (nSPS) is 13.5. The number of Topliss-reactive ketones (excluding diaryl/α,β-unsaturated/α-hetero) is 2. The van der Waals surface area contributed by atoms with Crippen LogP contribution in [0.25, 0.3) is 0 Å². The largest absolute Gasteiger partial charge is 0.378 e.